The van der Waals surface area contributed by atoms with Crippen LogP contribution in [0.5, 0.6) is 0 Å². The Kier molecular flexibility index (Phi) is 7.87. The number of piperidine rings is 2. The van der Waals surface area contributed by atoms with Gasteiger partial charge in [0.25, 0.3) is 11.8 Å². The van der Waals surface area contributed by atoms with Crippen LogP contribution in [0.1, 0.15) is 52.0 Å². The van der Waals surface area contributed by atoms with E-state index in [0.29, 0.717) is 42.7 Å². The number of imide groups is 1. The smallest absolute Gasteiger partial charge is 0.255 e. The lowest BCUT2D eigenvalue weighted by atomic mass is 10.0. The second-order valence-electron chi connectivity index (χ2n) is 10.1. The molecule has 2 saturated heterocycles. The van der Waals surface area contributed by atoms with Crippen LogP contribution in [-0.2, 0) is 20.9 Å². The van der Waals surface area contributed by atoms with Gasteiger partial charge in [0, 0.05) is 73.3 Å². The van der Waals surface area contributed by atoms with Crippen molar-refractivity contribution in [1.82, 2.24) is 20.4 Å². The molecule has 3 aliphatic heterocycles. The molecule has 1 atom stereocenters. The molecule has 3 heterocycles. The van der Waals surface area contributed by atoms with E-state index < -0.39 is 11.9 Å². The zero-order valence-corrected chi connectivity index (χ0v) is 21.6. The summed E-state index contributed by atoms with van der Waals surface area (Å²) in [6.45, 7) is 3.40. The summed E-state index contributed by atoms with van der Waals surface area (Å²) in [7, 11) is 0. The first-order valence-electron chi connectivity index (χ1n) is 13.3. The van der Waals surface area contributed by atoms with E-state index in [1.54, 1.807) is 35.2 Å². The van der Waals surface area contributed by atoms with Crippen molar-refractivity contribution < 1.29 is 24.0 Å². The Bertz CT molecular complexity index is 1270. The highest BCUT2D eigenvalue weighted by Gasteiger charge is 2.40. The summed E-state index contributed by atoms with van der Waals surface area (Å²) in [5.41, 5.74) is 3.59. The Morgan fingerprint density at radius 2 is 1.79 bits per heavy atom. The molecule has 5 rings (SSSR count). The minimum Gasteiger partial charge on any atom is -0.382 e. The van der Waals surface area contributed by atoms with Crippen LogP contribution in [0.2, 0.25) is 0 Å². The number of hydrogen-bond donors (Lipinski definition) is 4. The van der Waals surface area contributed by atoms with Crippen molar-refractivity contribution in [2.45, 2.75) is 44.3 Å². The number of fused-ring (bicyclic) bond motifs is 1. The van der Waals surface area contributed by atoms with Gasteiger partial charge in [-0.25, -0.2) is 0 Å². The molecule has 11 heteroatoms. The molecule has 0 saturated carbocycles. The van der Waals surface area contributed by atoms with Crippen LogP contribution >= 0.6 is 0 Å². The first-order chi connectivity index (χ1) is 18.9. The summed E-state index contributed by atoms with van der Waals surface area (Å²) in [4.78, 5) is 63.7. The lowest BCUT2D eigenvalue weighted by Crippen LogP contribution is -2.52. The summed E-state index contributed by atoms with van der Waals surface area (Å²) in [6, 6.07) is 12.0. The molecular weight excluding hydrogens is 500 g/mol. The first kappa shape index (κ1) is 26.4. The topological polar surface area (TPSA) is 140 Å². The van der Waals surface area contributed by atoms with Gasteiger partial charge in [-0.05, 0) is 55.7 Å². The van der Waals surface area contributed by atoms with Crippen molar-refractivity contribution in [3.05, 3.63) is 59.2 Å². The molecule has 5 amide bonds. The third kappa shape index (κ3) is 5.93. The van der Waals surface area contributed by atoms with Crippen molar-refractivity contribution in [3.63, 3.8) is 0 Å². The number of rotatable bonds is 9. The first-order valence-corrected chi connectivity index (χ1v) is 13.3. The minimum absolute atomic E-state index is 0.150. The lowest BCUT2D eigenvalue weighted by Gasteiger charge is -2.33. The molecule has 2 fully saturated rings. The molecule has 2 aromatic rings. The zero-order chi connectivity index (χ0) is 27.4. The molecule has 0 spiro atoms. The van der Waals surface area contributed by atoms with Crippen molar-refractivity contribution in [1.29, 1.82) is 0 Å². The lowest BCUT2D eigenvalue weighted by molar-refractivity contribution is -0.136. The summed E-state index contributed by atoms with van der Waals surface area (Å²) in [6.07, 6.45) is 3.02. The molecule has 39 heavy (non-hydrogen) atoms. The van der Waals surface area contributed by atoms with Crippen LogP contribution in [0.15, 0.2) is 42.5 Å². The van der Waals surface area contributed by atoms with Crippen molar-refractivity contribution in [2.75, 3.05) is 36.8 Å². The molecule has 0 bridgehead atoms. The van der Waals surface area contributed by atoms with E-state index >= 15 is 0 Å². The zero-order valence-electron chi connectivity index (χ0n) is 21.6. The van der Waals surface area contributed by atoms with E-state index in [0.717, 1.165) is 43.7 Å². The average Bonchev–Trinajstić information content (AvgIpc) is 3.27. The Balaban J connectivity index is 1.09. The number of carbonyl (C=O) groups is 5. The predicted molar refractivity (Wildman–Crippen MR) is 144 cm³/mol. The summed E-state index contributed by atoms with van der Waals surface area (Å²) >= 11 is 0. The van der Waals surface area contributed by atoms with Crippen LogP contribution in [-0.4, -0.2) is 78.1 Å². The molecule has 3 aliphatic rings. The monoisotopic (exact) mass is 532 g/mol. The number of carbonyl (C=O) groups excluding carboxylic acids is 5. The number of benzene rings is 2. The Morgan fingerprint density at radius 3 is 2.51 bits per heavy atom. The number of anilines is 2. The highest BCUT2D eigenvalue weighted by Crippen LogP contribution is 2.33. The highest BCUT2D eigenvalue weighted by atomic mass is 16.2. The van der Waals surface area contributed by atoms with Gasteiger partial charge in [-0.1, -0.05) is 6.07 Å². The van der Waals surface area contributed by atoms with E-state index in [2.05, 4.69) is 26.2 Å². The Hall–Kier alpha value is -4.25. The second-order valence-corrected chi connectivity index (χ2v) is 10.1. The van der Waals surface area contributed by atoms with E-state index in [1.165, 1.54) is 0 Å². The summed E-state index contributed by atoms with van der Waals surface area (Å²) in [5.74, 6) is -1.03. The van der Waals surface area contributed by atoms with Gasteiger partial charge >= 0.3 is 0 Å². The maximum Gasteiger partial charge on any atom is 0.255 e. The average molecular weight is 533 g/mol. The molecule has 2 aromatic carbocycles. The van der Waals surface area contributed by atoms with Gasteiger partial charge in [-0.2, -0.15) is 0 Å². The van der Waals surface area contributed by atoms with Crippen LogP contribution in [0.25, 0.3) is 0 Å². The van der Waals surface area contributed by atoms with E-state index in [9.17, 15) is 24.0 Å². The van der Waals surface area contributed by atoms with Gasteiger partial charge in [0.1, 0.15) is 6.04 Å². The predicted octanol–water partition coefficient (Wildman–Crippen LogP) is 1.32. The van der Waals surface area contributed by atoms with E-state index in [1.807, 2.05) is 12.1 Å². The SMILES string of the molecule is O=CNc1ccc(C(=O)NCCN2CCC(Nc3cccc4c3CN(C3CCC(=O)NC3=O)C4=O)CC2)cc1. The van der Waals surface area contributed by atoms with Crippen molar-refractivity contribution in [3.8, 4) is 0 Å². The largest absolute Gasteiger partial charge is 0.382 e. The van der Waals surface area contributed by atoms with Gasteiger partial charge < -0.3 is 25.8 Å². The van der Waals surface area contributed by atoms with Crippen LogP contribution in [0.4, 0.5) is 11.4 Å². The van der Waals surface area contributed by atoms with Crippen molar-refractivity contribution in [2.24, 2.45) is 0 Å². The standard InChI is InChI=1S/C28H32N6O5/c35-17-30-19-6-4-18(5-7-19)26(37)29-12-15-33-13-10-20(11-14-33)31-23-3-1-2-21-22(23)16-34(28(21)39)24-8-9-25(36)32-27(24)38/h1-7,17,20,24,31H,8-16H2,(H,29,37)(H,30,35)(H,32,36,38). The van der Waals surface area contributed by atoms with E-state index in [-0.39, 0.29) is 30.2 Å². The van der Waals surface area contributed by atoms with Crippen LogP contribution in [0.3, 0.4) is 0 Å². The van der Waals surface area contributed by atoms with Gasteiger partial charge in [0.2, 0.25) is 18.2 Å². The molecule has 0 aliphatic carbocycles. The van der Waals surface area contributed by atoms with Gasteiger partial charge in [-0.15, -0.1) is 0 Å². The molecule has 11 nitrogen and oxygen atoms in total. The number of nitrogens with one attached hydrogen (secondary N) is 4. The fourth-order valence-electron chi connectivity index (χ4n) is 5.46. The molecule has 0 radical (unpaired) electrons. The van der Waals surface area contributed by atoms with Crippen molar-refractivity contribution >= 4 is 41.4 Å². The molecule has 1 unspecified atom stereocenters. The maximum absolute atomic E-state index is 13.1. The summed E-state index contributed by atoms with van der Waals surface area (Å²) in [5, 5.41) is 11.5. The third-order valence-corrected chi connectivity index (χ3v) is 7.62. The van der Waals surface area contributed by atoms with E-state index in [4.69, 9.17) is 0 Å². The molecular formula is C28H32N6O5. The number of hydrogen-bond acceptors (Lipinski definition) is 7. The number of likely N-dealkylation sites (tertiary alicyclic amines) is 1. The fraction of sp³-hybridized carbons (Fsp3) is 0.393. The van der Waals surface area contributed by atoms with Gasteiger partial charge in [0.05, 0.1) is 0 Å². The fourth-order valence-corrected chi connectivity index (χ4v) is 5.46. The van der Waals surface area contributed by atoms with Gasteiger partial charge in [0.15, 0.2) is 0 Å². The van der Waals surface area contributed by atoms with Crippen LogP contribution in [0, 0.1) is 0 Å². The Labute approximate surface area is 226 Å². The second kappa shape index (κ2) is 11.6. The minimum atomic E-state index is -0.627. The van der Waals surface area contributed by atoms with Gasteiger partial charge in [-0.3, -0.25) is 29.3 Å². The molecule has 204 valence electrons. The third-order valence-electron chi connectivity index (χ3n) is 7.62. The number of amides is 5. The Morgan fingerprint density at radius 1 is 1.03 bits per heavy atom. The highest BCUT2D eigenvalue weighted by molar-refractivity contribution is 6.06. The van der Waals surface area contributed by atoms with Crippen LogP contribution < -0.4 is 21.3 Å². The summed E-state index contributed by atoms with van der Waals surface area (Å²) < 4.78 is 0. The quantitative estimate of drug-likeness (QED) is 0.282. The normalized spacial score (nSPS) is 19.8. The number of nitrogens with zero attached hydrogens (tertiary/aromatic N) is 2. The molecule has 4 N–H and O–H groups in total. The maximum atomic E-state index is 13.1. The molecule has 0 aromatic heterocycles.